The number of fused-ring (bicyclic) bond motifs is 1. The smallest absolute Gasteiger partial charge is 0.343 e. The van der Waals surface area contributed by atoms with Gasteiger partial charge in [0, 0.05) is 29.1 Å². The average Bonchev–Trinajstić information content (AvgIpc) is 3.05. The number of carbonyl (C=O) groups excluding carboxylic acids is 1. The molecule has 1 unspecified atom stereocenters. The zero-order valence-electron chi connectivity index (χ0n) is 17.8. The summed E-state index contributed by atoms with van der Waals surface area (Å²) in [5.74, 6) is 0.381. The fourth-order valence-corrected chi connectivity index (χ4v) is 4.82. The highest BCUT2D eigenvalue weighted by molar-refractivity contribution is 6.11. The molecule has 3 aromatic rings. The molecule has 0 bridgehead atoms. The van der Waals surface area contributed by atoms with Gasteiger partial charge >= 0.3 is 6.18 Å². The summed E-state index contributed by atoms with van der Waals surface area (Å²) in [6.45, 7) is 4.58. The fourth-order valence-electron chi connectivity index (χ4n) is 4.82. The van der Waals surface area contributed by atoms with Gasteiger partial charge in [-0.1, -0.05) is 49.4 Å². The Balaban J connectivity index is 1.79. The third-order valence-electron chi connectivity index (χ3n) is 6.41. The Bertz CT molecular complexity index is 1080. The third kappa shape index (κ3) is 4.06. The lowest BCUT2D eigenvalue weighted by molar-refractivity contribution is -0.137. The van der Waals surface area contributed by atoms with Crippen LogP contribution in [0, 0.1) is 6.92 Å². The number of halogens is 3. The first kappa shape index (κ1) is 21.4. The van der Waals surface area contributed by atoms with E-state index in [1.807, 2.05) is 37.3 Å². The normalized spacial score (nSPS) is 16.2. The zero-order valence-corrected chi connectivity index (χ0v) is 17.8. The van der Waals surface area contributed by atoms with E-state index in [0.717, 1.165) is 60.2 Å². The minimum atomic E-state index is -4.34. The molecule has 0 aliphatic heterocycles. The average molecular weight is 425 g/mol. The number of rotatable bonds is 5. The quantitative estimate of drug-likeness (QED) is 0.407. The lowest BCUT2D eigenvalue weighted by atomic mass is 9.83. The van der Waals surface area contributed by atoms with E-state index in [9.17, 15) is 18.0 Å². The predicted octanol–water partition coefficient (Wildman–Crippen LogP) is 6.92. The molecule has 4 rings (SSSR count). The Morgan fingerprint density at radius 1 is 1.06 bits per heavy atom. The summed E-state index contributed by atoms with van der Waals surface area (Å²) in [6, 6.07) is 14.6. The SMILES string of the molecule is CCC1CCCc2c(C(=O)c3ccccc3)c(C)n(Cc3ccc(C(F)(F)F)cc3)c21. The molecule has 1 aliphatic carbocycles. The molecule has 1 aliphatic rings. The van der Waals surface area contributed by atoms with Crippen molar-refractivity contribution in [2.24, 2.45) is 0 Å². The number of hydrogen-bond acceptors (Lipinski definition) is 1. The summed E-state index contributed by atoms with van der Waals surface area (Å²) >= 11 is 0. The largest absolute Gasteiger partial charge is 0.416 e. The Kier molecular flexibility index (Phi) is 5.78. The minimum Gasteiger partial charge on any atom is -0.343 e. The first-order valence-electron chi connectivity index (χ1n) is 10.8. The van der Waals surface area contributed by atoms with Crippen LogP contribution in [0.5, 0.6) is 0 Å². The Hall–Kier alpha value is -2.82. The van der Waals surface area contributed by atoms with Gasteiger partial charge < -0.3 is 4.57 Å². The van der Waals surface area contributed by atoms with Crippen molar-refractivity contribution in [3.8, 4) is 0 Å². The predicted molar refractivity (Wildman–Crippen MR) is 116 cm³/mol. The molecule has 0 fully saturated rings. The van der Waals surface area contributed by atoms with Gasteiger partial charge in [0.15, 0.2) is 5.78 Å². The second-order valence-corrected chi connectivity index (χ2v) is 8.30. The number of alkyl halides is 3. The molecular formula is C26H26F3NO. The van der Waals surface area contributed by atoms with Crippen LogP contribution in [-0.4, -0.2) is 10.4 Å². The molecular weight excluding hydrogens is 399 g/mol. The van der Waals surface area contributed by atoms with Crippen LogP contribution in [0.15, 0.2) is 54.6 Å². The van der Waals surface area contributed by atoms with Crippen LogP contribution in [-0.2, 0) is 19.1 Å². The first-order chi connectivity index (χ1) is 14.8. The molecule has 1 heterocycles. The van der Waals surface area contributed by atoms with E-state index in [2.05, 4.69) is 11.5 Å². The molecule has 31 heavy (non-hydrogen) atoms. The molecule has 0 spiro atoms. The van der Waals surface area contributed by atoms with Crippen LogP contribution in [0.4, 0.5) is 13.2 Å². The highest BCUT2D eigenvalue weighted by atomic mass is 19.4. The molecule has 1 atom stereocenters. The maximum absolute atomic E-state index is 13.4. The van der Waals surface area contributed by atoms with Gasteiger partial charge in [0.1, 0.15) is 0 Å². The van der Waals surface area contributed by atoms with Crippen molar-refractivity contribution in [3.63, 3.8) is 0 Å². The maximum Gasteiger partial charge on any atom is 0.416 e. The molecule has 0 saturated carbocycles. The Labute approximate surface area is 180 Å². The molecule has 0 radical (unpaired) electrons. The number of hydrogen-bond donors (Lipinski definition) is 0. The van der Waals surface area contributed by atoms with Gasteiger partial charge in [-0.2, -0.15) is 13.2 Å². The van der Waals surface area contributed by atoms with Crippen molar-refractivity contribution in [1.29, 1.82) is 0 Å². The van der Waals surface area contributed by atoms with Crippen LogP contribution in [0.1, 0.15) is 76.1 Å². The van der Waals surface area contributed by atoms with E-state index < -0.39 is 11.7 Å². The maximum atomic E-state index is 13.4. The van der Waals surface area contributed by atoms with Crippen molar-refractivity contribution >= 4 is 5.78 Å². The number of ketones is 1. The molecule has 2 nitrogen and oxygen atoms in total. The molecule has 0 amide bonds. The van der Waals surface area contributed by atoms with Crippen molar-refractivity contribution in [3.05, 3.63) is 93.8 Å². The van der Waals surface area contributed by atoms with Crippen molar-refractivity contribution in [2.75, 3.05) is 0 Å². The van der Waals surface area contributed by atoms with Crippen LogP contribution in [0.25, 0.3) is 0 Å². The lowest BCUT2D eigenvalue weighted by Gasteiger charge is -2.25. The van der Waals surface area contributed by atoms with Crippen molar-refractivity contribution in [2.45, 2.75) is 58.2 Å². The van der Waals surface area contributed by atoms with Gasteiger partial charge in [0.25, 0.3) is 0 Å². The summed E-state index contributed by atoms with van der Waals surface area (Å²) in [5, 5.41) is 0. The second-order valence-electron chi connectivity index (χ2n) is 8.30. The van der Waals surface area contributed by atoms with E-state index in [4.69, 9.17) is 0 Å². The van der Waals surface area contributed by atoms with Crippen molar-refractivity contribution < 1.29 is 18.0 Å². The number of benzene rings is 2. The van der Waals surface area contributed by atoms with E-state index >= 15 is 0 Å². The topological polar surface area (TPSA) is 22.0 Å². The summed E-state index contributed by atoms with van der Waals surface area (Å²) in [5.41, 5.74) is 4.80. The van der Waals surface area contributed by atoms with Gasteiger partial charge in [-0.3, -0.25) is 4.79 Å². The van der Waals surface area contributed by atoms with Gasteiger partial charge in [-0.15, -0.1) is 0 Å². The van der Waals surface area contributed by atoms with Crippen LogP contribution < -0.4 is 0 Å². The standard InChI is InChI=1S/C26H26F3NO/c1-3-19-10-7-11-22-23(25(31)20-8-5-4-6-9-20)17(2)30(24(19)22)16-18-12-14-21(15-13-18)26(27,28)29/h4-6,8-9,12-15,19H,3,7,10-11,16H2,1-2H3. The number of carbonyl (C=O) groups is 1. The minimum absolute atomic E-state index is 0.0253. The molecule has 1 aromatic heterocycles. The number of nitrogens with zero attached hydrogens (tertiary/aromatic N) is 1. The van der Waals surface area contributed by atoms with Crippen molar-refractivity contribution in [1.82, 2.24) is 4.57 Å². The van der Waals surface area contributed by atoms with E-state index in [0.29, 0.717) is 18.0 Å². The van der Waals surface area contributed by atoms with E-state index in [1.165, 1.54) is 17.8 Å². The number of aromatic nitrogens is 1. The molecule has 162 valence electrons. The molecule has 0 N–H and O–H groups in total. The zero-order chi connectivity index (χ0) is 22.2. The molecule has 2 aromatic carbocycles. The van der Waals surface area contributed by atoms with Crippen LogP contribution in [0.2, 0.25) is 0 Å². The van der Waals surface area contributed by atoms with Gasteiger partial charge in [0.2, 0.25) is 0 Å². The summed E-state index contributed by atoms with van der Waals surface area (Å²) in [6.07, 6.45) is -0.393. The van der Waals surface area contributed by atoms with E-state index in [-0.39, 0.29) is 5.78 Å². The summed E-state index contributed by atoms with van der Waals surface area (Å²) in [4.78, 5) is 13.4. The Morgan fingerprint density at radius 2 is 1.74 bits per heavy atom. The highest BCUT2D eigenvalue weighted by Crippen LogP contribution is 2.40. The first-order valence-corrected chi connectivity index (χ1v) is 10.8. The highest BCUT2D eigenvalue weighted by Gasteiger charge is 2.32. The lowest BCUT2D eigenvalue weighted by Crippen LogP contribution is -2.15. The monoisotopic (exact) mass is 425 g/mol. The van der Waals surface area contributed by atoms with Gasteiger partial charge in [0.05, 0.1) is 5.56 Å². The molecule has 5 heteroatoms. The Morgan fingerprint density at radius 3 is 2.35 bits per heavy atom. The van der Waals surface area contributed by atoms with Crippen LogP contribution >= 0.6 is 0 Å². The summed E-state index contributed by atoms with van der Waals surface area (Å²) < 4.78 is 41.0. The second kappa shape index (κ2) is 8.37. The molecule has 0 saturated heterocycles. The van der Waals surface area contributed by atoms with Gasteiger partial charge in [-0.05, 0) is 61.8 Å². The fraction of sp³-hybridized carbons (Fsp3) is 0.346. The third-order valence-corrected chi connectivity index (χ3v) is 6.41. The van der Waals surface area contributed by atoms with Crippen LogP contribution in [0.3, 0.4) is 0 Å². The van der Waals surface area contributed by atoms with Gasteiger partial charge in [-0.25, -0.2) is 0 Å². The van der Waals surface area contributed by atoms with E-state index in [1.54, 1.807) is 0 Å². The summed E-state index contributed by atoms with van der Waals surface area (Å²) in [7, 11) is 0.